The Bertz CT molecular complexity index is 1040. The third-order valence-corrected chi connectivity index (χ3v) is 5.13. The molecule has 0 aliphatic rings. The molecule has 156 valence electrons. The van der Waals surface area contributed by atoms with Gasteiger partial charge in [-0.3, -0.25) is 4.79 Å². The SMILES string of the molecule is COc1ccc(-c2cc(N[C@H](C)C(=O)Nc3cc(Cl)ccc3Cl)ccc2OC)cc1. The maximum atomic E-state index is 12.6. The van der Waals surface area contributed by atoms with Crippen molar-refractivity contribution < 1.29 is 14.3 Å². The van der Waals surface area contributed by atoms with Crippen LogP contribution in [0.3, 0.4) is 0 Å². The number of anilines is 2. The zero-order valence-electron chi connectivity index (χ0n) is 16.8. The van der Waals surface area contributed by atoms with Crippen LogP contribution in [0.15, 0.2) is 60.7 Å². The molecule has 0 fully saturated rings. The van der Waals surface area contributed by atoms with Gasteiger partial charge in [-0.05, 0) is 61.0 Å². The van der Waals surface area contributed by atoms with E-state index in [1.807, 2.05) is 42.5 Å². The van der Waals surface area contributed by atoms with Crippen molar-refractivity contribution in [3.63, 3.8) is 0 Å². The van der Waals surface area contributed by atoms with Gasteiger partial charge in [0.2, 0.25) is 5.91 Å². The van der Waals surface area contributed by atoms with Crippen molar-refractivity contribution in [2.75, 3.05) is 24.9 Å². The fourth-order valence-corrected chi connectivity index (χ4v) is 3.28. The highest BCUT2D eigenvalue weighted by molar-refractivity contribution is 6.35. The van der Waals surface area contributed by atoms with E-state index >= 15 is 0 Å². The van der Waals surface area contributed by atoms with Crippen LogP contribution in [-0.2, 0) is 4.79 Å². The summed E-state index contributed by atoms with van der Waals surface area (Å²) in [4.78, 5) is 12.6. The molecule has 2 N–H and O–H groups in total. The number of nitrogens with one attached hydrogen (secondary N) is 2. The van der Waals surface area contributed by atoms with E-state index in [0.717, 1.165) is 28.3 Å². The van der Waals surface area contributed by atoms with E-state index in [9.17, 15) is 4.79 Å². The molecule has 0 unspecified atom stereocenters. The van der Waals surface area contributed by atoms with E-state index in [2.05, 4.69) is 10.6 Å². The third-order valence-electron chi connectivity index (χ3n) is 4.56. The Labute approximate surface area is 185 Å². The Hall–Kier alpha value is -2.89. The van der Waals surface area contributed by atoms with Gasteiger partial charge < -0.3 is 20.1 Å². The number of ether oxygens (including phenoxy) is 2. The molecule has 1 atom stereocenters. The van der Waals surface area contributed by atoms with Gasteiger partial charge in [0, 0.05) is 16.3 Å². The van der Waals surface area contributed by atoms with E-state index in [0.29, 0.717) is 15.7 Å². The van der Waals surface area contributed by atoms with Gasteiger partial charge in [-0.1, -0.05) is 35.3 Å². The lowest BCUT2D eigenvalue weighted by molar-refractivity contribution is -0.116. The first-order valence-corrected chi connectivity index (χ1v) is 10.0. The predicted octanol–water partition coefficient (Wildman–Crippen LogP) is 6.12. The molecule has 0 saturated carbocycles. The molecule has 3 aromatic rings. The first-order chi connectivity index (χ1) is 14.4. The average Bonchev–Trinajstić information content (AvgIpc) is 2.76. The number of amides is 1. The third kappa shape index (κ3) is 5.17. The molecule has 7 heteroatoms. The zero-order valence-corrected chi connectivity index (χ0v) is 18.3. The number of carbonyl (C=O) groups is 1. The molecule has 30 heavy (non-hydrogen) atoms. The summed E-state index contributed by atoms with van der Waals surface area (Å²) in [6, 6.07) is 17.8. The molecule has 0 radical (unpaired) electrons. The maximum absolute atomic E-state index is 12.6. The molecule has 0 bridgehead atoms. The summed E-state index contributed by atoms with van der Waals surface area (Å²) in [7, 11) is 3.25. The summed E-state index contributed by atoms with van der Waals surface area (Å²) < 4.78 is 10.7. The summed E-state index contributed by atoms with van der Waals surface area (Å²) in [5, 5.41) is 6.93. The number of hydrogen-bond acceptors (Lipinski definition) is 4. The summed E-state index contributed by atoms with van der Waals surface area (Å²) >= 11 is 12.1. The Balaban J connectivity index is 1.78. The molecule has 0 aromatic heterocycles. The normalized spacial score (nSPS) is 11.5. The second-order valence-corrected chi connectivity index (χ2v) is 7.47. The van der Waals surface area contributed by atoms with E-state index in [-0.39, 0.29) is 5.91 Å². The van der Waals surface area contributed by atoms with E-state index in [4.69, 9.17) is 32.7 Å². The van der Waals surface area contributed by atoms with E-state index < -0.39 is 6.04 Å². The number of benzene rings is 3. The fourth-order valence-electron chi connectivity index (χ4n) is 2.94. The molecule has 0 aliphatic carbocycles. The molecule has 0 aliphatic heterocycles. The summed E-state index contributed by atoms with van der Waals surface area (Å²) in [5.41, 5.74) is 3.12. The van der Waals surface area contributed by atoms with Crippen LogP contribution in [0.1, 0.15) is 6.92 Å². The van der Waals surface area contributed by atoms with Gasteiger partial charge in [0.25, 0.3) is 0 Å². The van der Waals surface area contributed by atoms with E-state index in [1.54, 1.807) is 39.3 Å². The number of hydrogen-bond donors (Lipinski definition) is 2. The highest BCUT2D eigenvalue weighted by Crippen LogP contribution is 2.34. The largest absolute Gasteiger partial charge is 0.497 e. The fraction of sp³-hybridized carbons (Fsp3) is 0.174. The smallest absolute Gasteiger partial charge is 0.246 e. The summed E-state index contributed by atoms with van der Waals surface area (Å²) in [5.74, 6) is 1.27. The summed E-state index contributed by atoms with van der Waals surface area (Å²) in [6.45, 7) is 1.77. The minimum Gasteiger partial charge on any atom is -0.497 e. The van der Waals surface area contributed by atoms with Crippen molar-refractivity contribution in [2.24, 2.45) is 0 Å². The monoisotopic (exact) mass is 444 g/mol. The first-order valence-electron chi connectivity index (χ1n) is 9.26. The molecule has 0 heterocycles. The zero-order chi connectivity index (χ0) is 21.7. The van der Waals surface area contributed by atoms with Crippen molar-refractivity contribution >= 4 is 40.5 Å². The van der Waals surface area contributed by atoms with E-state index in [1.165, 1.54) is 0 Å². The topological polar surface area (TPSA) is 59.6 Å². The molecule has 1 amide bonds. The Morgan fingerprint density at radius 3 is 2.33 bits per heavy atom. The molecular weight excluding hydrogens is 423 g/mol. The van der Waals surface area contributed by atoms with Gasteiger partial charge in [-0.25, -0.2) is 0 Å². The molecule has 5 nitrogen and oxygen atoms in total. The van der Waals surface area contributed by atoms with Crippen LogP contribution in [0, 0.1) is 0 Å². The number of rotatable bonds is 7. The minimum atomic E-state index is -0.517. The highest BCUT2D eigenvalue weighted by Gasteiger charge is 2.16. The lowest BCUT2D eigenvalue weighted by Gasteiger charge is -2.18. The van der Waals surface area contributed by atoms with Crippen molar-refractivity contribution in [2.45, 2.75) is 13.0 Å². The lowest BCUT2D eigenvalue weighted by Crippen LogP contribution is -2.32. The van der Waals surface area contributed by atoms with Gasteiger partial charge in [0.05, 0.1) is 24.9 Å². The van der Waals surface area contributed by atoms with Gasteiger partial charge in [0.1, 0.15) is 17.5 Å². The average molecular weight is 445 g/mol. The molecular formula is C23H22Cl2N2O3. The van der Waals surface area contributed by atoms with Crippen molar-refractivity contribution in [3.8, 4) is 22.6 Å². The number of carbonyl (C=O) groups excluding carboxylic acids is 1. The Kier molecular flexibility index (Phi) is 7.08. The second kappa shape index (κ2) is 9.74. The van der Waals surface area contributed by atoms with Crippen LogP contribution in [0.4, 0.5) is 11.4 Å². The van der Waals surface area contributed by atoms with Crippen LogP contribution >= 0.6 is 23.2 Å². The van der Waals surface area contributed by atoms with Crippen LogP contribution in [-0.4, -0.2) is 26.2 Å². The van der Waals surface area contributed by atoms with Gasteiger partial charge in [-0.15, -0.1) is 0 Å². The molecule has 3 rings (SSSR count). The highest BCUT2D eigenvalue weighted by atomic mass is 35.5. The van der Waals surface area contributed by atoms with Crippen LogP contribution in [0.5, 0.6) is 11.5 Å². The Morgan fingerprint density at radius 1 is 0.933 bits per heavy atom. The van der Waals surface area contributed by atoms with Gasteiger partial charge >= 0.3 is 0 Å². The second-order valence-electron chi connectivity index (χ2n) is 6.62. The predicted molar refractivity (Wildman–Crippen MR) is 123 cm³/mol. The standard InChI is InChI=1S/C23H22Cl2N2O3/c1-14(23(28)27-21-12-16(24)6-10-20(21)25)26-17-7-11-22(30-3)19(13-17)15-4-8-18(29-2)9-5-15/h4-14,26H,1-3H3,(H,27,28)/t14-/m1/s1. The quantitative estimate of drug-likeness (QED) is 0.460. The lowest BCUT2D eigenvalue weighted by atomic mass is 10.0. The first kappa shape index (κ1) is 21.8. The van der Waals surface area contributed by atoms with Gasteiger partial charge in [-0.2, -0.15) is 0 Å². The van der Waals surface area contributed by atoms with Crippen molar-refractivity contribution in [1.29, 1.82) is 0 Å². The molecule has 0 spiro atoms. The van der Waals surface area contributed by atoms with Crippen molar-refractivity contribution in [3.05, 3.63) is 70.7 Å². The maximum Gasteiger partial charge on any atom is 0.246 e. The van der Waals surface area contributed by atoms with Crippen LogP contribution < -0.4 is 20.1 Å². The number of halogens is 2. The van der Waals surface area contributed by atoms with Gasteiger partial charge in [0.15, 0.2) is 0 Å². The summed E-state index contributed by atoms with van der Waals surface area (Å²) in [6.07, 6.45) is 0. The minimum absolute atomic E-state index is 0.235. The number of methoxy groups -OCH3 is 2. The molecule has 0 saturated heterocycles. The Morgan fingerprint density at radius 2 is 1.67 bits per heavy atom. The van der Waals surface area contributed by atoms with Crippen LogP contribution in [0.2, 0.25) is 10.0 Å². The van der Waals surface area contributed by atoms with Crippen LogP contribution in [0.25, 0.3) is 11.1 Å². The van der Waals surface area contributed by atoms with Crippen molar-refractivity contribution in [1.82, 2.24) is 0 Å². The molecule has 3 aromatic carbocycles.